The van der Waals surface area contributed by atoms with Crippen LogP contribution >= 0.6 is 0 Å². The van der Waals surface area contributed by atoms with Crippen molar-refractivity contribution in [3.8, 4) is 0 Å². The third kappa shape index (κ3) is 3.37. The molecule has 2 heteroatoms. The first-order valence-corrected chi connectivity index (χ1v) is 10.3. The Hall–Kier alpha value is -3.78. The summed E-state index contributed by atoms with van der Waals surface area (Å²) in [4.78, 5) is 3.66. The third-order valence-electron chi connectivity index (χ3n) is 5.73. The summed E-state index contributed by atoms with van der Waals surface area (Å²) in [7, 11) is 0. The third-order valence-corrected chi connectivity index (χ3v) is 5.73. The summed E-state index contributed by atoms with van der Waals surface area (Å²) in [5, 5.41) is 7.40. The fraction of sp³-hybridized carbons (Fsp3) is 0.0714. The lowest BCUT2D eigenvalue weighted by Gasteiger charge is -2.16. The number of hydrogen-bond acceptors (Lipinski definition) is 1. The van der Waals surface area contributed by atoms with E-state index in [0.29, 0.717) is 0 Å². The summed E-state index contributed by atoms with van der Waals surface area (Å²) in [6, 6.07) is 34.1. The van der Waals surface area contributed by atoms with Gasteiger partial charge in [0.1, 0.15) is 0 Å². The highest BCUT2D eigenvalue weighted by molar-refractivity contribution is 5.95. The molecule has 1 atom stereocenters. The molecule has 0 unspecified atom stereocenters. The quantitative estimate of drug-likeness (QED) is 0.295. The lowest BCUT2D eigenvalue weighted by Crippen LogP contribution is -2.05. The molecule has 1 aromatic heterocycles. The van der Waals surface area contributed by atoms with E-state index in [1.54, 1.807) is 0 Å². The van der Waals surface area contributed by atoms with Gasteiger partial charge in [0.25, 0.3) is 0 Å². The van der Waals surface area contributed by atoms with Gasteiger partial charge in [-0.05, 0) is 28.0 Å². The van der Waals surface area contributed by atoms with Gasteiger partial charge in [0, 0.05) is 23.4 Å². The number of aromatic amines is 1. The Balaban J connectivity index is 1.59. The second kappa shape index (κ2) is 7.92. The van der Waals surface area contributed by atoms with Crippen LogP contribution < -0.4 is 5.32 Å². The molecule has 30 heavy (non-hydrogen) atoms. The minimum absolute atomic E-state index is 0.0697. The maximum absolute atomic E-state index is 4.18. The number of aromatic nitrogens is 1. The maximum Gasteiger partial charge on any atom is 0.0643 e. The molecule has 0 radical (unpaired) electrons. The van der Waals surface area contributed by atoms with Gasteiger partial charge < -0.3 is 10.3 Å². The lowest BCUT2D eigenvalue weighted by atomic mass is 9.92. The van der Waals surface area contributed by atoms with Crippen LogP contribution in [-0.2, 0) is 6.54 Å². The SMILES string of the molecule is C=C[C@H](c1ccc2ccccc2c1)c1[nH]c2ccccc2c1NCc1ccccc1. The Morgan fingerprint density at radius 2 is 1.53 bits per heavy atom. The number of nitrogens with one attached hydrogen (secondary N) is 2. The zero-order valence-electron chi connectivity index (χ0n) is 16.8. The van der Waals surface area contributed by atoms with Crippen LogP contribution in [0.5, 0.6) is 0 Å². The van der Waals surface area contributed by atoms with E-state index in [9.17, 15) is 0 Å². The van der Waals surface area contributed by atoms with Crippen molar-refractivity contribution in [2.45, 2.75) is 12.5 Å². The van der Waals surface area contributed by atoms with Gasteiger partial charge in [-0.15, -0.1) is 6.58 Å². The maximum atomic E-state index is 4.18. The molecule has 0 bridgehead atoms. The zero-order valence-corrected chi connectivity index (χ0v) is 16.8. The van der Waals surface area contributed by atoms with Gasteiger partial charge in [0.2, 0.25) is 0 Å². The van der Waals surface area contributed by atoms with E-state index in [0.717, 1.165) is 23.4 Å². The largest absolute Gasteiger partial charge is 0.379 e. The predicted octanol–water partition coefficient (Wildman–Crippen LogP) is 7.25. The van der Waals surface area contributed by atoms with E-state index in [1.165, 1.54) is 27.3 Å². The van der Waals surface area contributed by atoms with Crippen LogP contribution in [0.2, 0.25) is 0 Å². The number of rotatable bonds is 6. The average Bonchev–Trinajstić information content (AvgIpc) is 3.17. The van der Waals surface area contributed by atoms with Gasteiger partial charge in [0.05, 0.1) is 11.4 Å². The number of allylic oxidation sites excluding steroid dienone is 1. The van der Waals surface area contributed by atoms with E-state index in [1.807, 2.05) is 12.1 Å². The van der Waals surface area contributed by atoms with Gasteiger partial charge in [-0.2, -0.15) is 0 Å². The molecule has 0 aliphatic carbocycles. The van der Waals surface area contributed by atoms with Crippen molar-refractivity contribution >= 4 is 27.4 Å². The van der Waals surface area contributed by atoms with Gasteiger partial charge in [-0.25, -0.2) is 0 Å². The first kappa shape index (κ1) is 18.3. The summed E-state index contributed by atoms with van der Waals surface area (Å²) >= 11 is 0. The van der Waals surface area contributed by atoms with Crippen molar-refractivity contribution in [3.63, 3.8) is 0 Å². The second-order valence-electron chi connectivity index (χ2n) is 7.62. The number of hydrogen-bond donors (Lipinski definition) is 2. The first-order valence-electron chi connectivity index (χ1n) is 10.3. The Morgan fingerprint density at radius 3 is 2.37 bits per heavy atom. The van der Waals surface area contributed by atoms with E-state index in [-0.39, 0.29) is 5.92 Å². The topological polar surface area (TPSA) is 27.8 Å². The molecule has 4 aromatic carbocycles. The van der Waals surface area contributed by atoms with Crippen molar-refractivity contribution in [2.24, 2.45) is 0 Å². The first-order chi connectivity index (χ1) is 14.8. The molecule has 0 fully saturated rings. The normalized spacial score (nSPS) is 12.1. The Kier molecular flexibility index (Phi) is 4.82. The van der Waals surface area contributed by atoms with Gasteiger partial charge >= 0.3 is 0 Å². The molecule has 0 aliphatic rings. The molecule has 0 saturated heterocycles. The molecule has 0 aliphatic heterocycles. The van der Waals surface area contributed by atoms with Crippen LogP contribution in [0.3, 0.4) is 0 Å². The molecule has 5 aromatic rings. The molecule has 0 spiro atoms. The summed E-state index contributed by atoms with van der Waals surface area (Å²) in [6.07, 6.45) is 2.03. The van der Waals surface area contributed by atoms with Crippen molar-refractivity contribution in [3.05, 3.63) is 127 Å². The number of H-pyrrole nitrogens is 1. The molecule has 0 amide bonds. The molecule has 5 rings (SSSR count). The van der Waals surface area contributed by atoms with Gasteiger partial charge in [-0.1, -0.05) is 97.1 Å². The Labute approximate surface area is 176 Å². The minimum atomic E-state index is 0.0697. The Morgan fingerprint density at radius 1 is 0.800 bits per heavy atom. The fourth-order valence-corrected chi connectivity index (χ4v) is 4.19. The lowest BCUT2D eigenvalue weighted by molar-refractivity contribution is 0.978. The smallest absolute Gasteiger partial charge is 0.0643 e. The van der Waals surface area contributed by atoms with Crippen LogP contribution in [0.15, 0.2) is 110 Å². The highest BCUT2D eigenvalue weighted by Crippen LogP contribution is 2.37. The van der Waals surface area contributed by atoms with Crippen LogP contribution in [0.1, 0.15) is 22.7 Å². The molecule has 0 saturated carbocycles. The van der Waals surface area contributed by atoms with E-state index in [4.69, 9.17) is 0 Å². The van der Waals surface area contributed by atoms with Crippen LogP contribution in [0.4, 0.5) is 5.69 Å². The highest BCUT2D eigenvalue weighted by Gasteiger charge is 2.20. The minimum Gasteiger partial charge on any atom is -0.379 e. The highest BCUT2D eigenvalue weighted by atomic mass is 14.9. The van der Waals surface area contributed by atoms with Crippen LogP contribution in [0.25, 0.3) is 21.7 Å². The predicted molar refractivity (Wildman–Crippen MR) is 128 cm³/mol. The summed E-state index contributed by atoms with van der Waals surface area (Å²) < 4.78 is 0. The molecular weight excluding hydrogens is 364 g/mol. The number of benzene rings is 4. The Bertz CT molecular complexity index is 1310. The summed E-state index contributed by atoms with van der Waals surface area (Å²) in [5.74, 6) is 0.0697. The van der Waals surface area contributed by atoms with Gasteiger partial charge in [-0.3, -0.25) is 0 Å². The van der Waals surface area contributed by atoms with Crippen molar-refractivity contribution < 1.29 is 0 Å². The standard InChI is InChI=1S/C28H24N2/c1-2-24(23-17-16-21-12-6-7-13-22(21)18-23)28-27(25-14-8-9-15-26(25)30-28)29-19-20-10-4-3-5-11-20/h2-18,24,29-30H,1,19H2/t24-/m1/s1. The molecular formula is C28H24N2. The van der Waals surface area contributed by atoms with E-state index >= 15 is 0 Å². The summed E-state index contributed by atoms with van der Waals surface area (Å²) in [5.41, 5.74) is 5.92. The van der Waals surface area contributed by atoms with E-state index < -0.39 is 0 Å². The molecule has 2 N–H and O–H groups in total. The number of para-hydroxylation sites is 1. The van der Waals surface area contributed by atoms with Crippen molar-refractivity contribution in [1.29, 1.82) is 0 Å². The molecule has 2 nitrogen and oxygen atoms in total. The van der Waals surface area contributed by atoms with Crippen LogP contribution in [-0.4, -0.2) is 4.98 Å². The number of anilines is 1. The summed E-state index contributed by atoms with van der Waals surface area (Å²) in [6.45, 7) is 4.95. The molecule has 1 heterocycles. The van der Waals surface area contributed by atoms with Crippen LogP contribution in [0, 0.1) is 0 Å². The number of fused-ring (bicyclic) bond motifs is 2. The monoisotopic (exact) mass is 388 g/mol. The zero-order chi connectivity index (χ0) is 20.3. The average molecular weight is 389 g/mol. The van der Waals surface area contributed by atoms with E-state index in [2.05, 4.69) is 108 Å². The molecule has 146 valence electrons. The van der Waals surface area contributed by atoms with Crippen molar-refractivity contribution in [2.75, 3.05) is 5.32 Å². The van der Waals surface area contributed by atoms with Crippen molar-refractivity contribution in [1.82, 2.24) is 4.98 Å². The fourth-order valence-electron chi connectivity index (χ4n) is 4.19. The second-order valence-corrected chi connectivity index (χ2v) is 7.62. The van der Waals surface area contributed by atoms with Gasteiger partial charge in [0.15, 0.2) is 0 Å².